The molecule has 4 amide bonds. The molecule has 0 radical (unpaired) electrons. The van der Waals surface area contributed by atoms with Crippen molar-refractivity contribution in [2.45, 2.75) is 38.3 Å². The van der Waals surface area contributed by atoms with Gasteiger partial charge in [0.05, 0.1) is 26.1 Å². The molecule has 2 aromatic rings. The SMILES string of the molecule is COc1ccc(CCN2C(=O)[C@@H]3[C@H](CC(N)=O)N[C@@]4(C(=O)Nc5c4ccc(C)c5C)[C@H]3C2=O)cc1OC. The molecular formula is C27H30N4O6. The molecule has 0 unspecified atom stereocenters. The highest BCUT2D eigenvalue weighted by Crippen LogP contribution is 2.54. The van der Waals surface area contributed by atoms with E-state index in [1.807, 2.05) is 32.0 Å². The molecule has 0 aromatic heterocycles. The van der Waals surface area contributed by atoms with Crippen molar-refractivity contribution >= 4 is 29.3 Å². The molecule has 37 heavy (non-hydrogen) atoms. The molecule has 10 heteroatoms. The molecular weight excluding hydrogens is 476 g/mol. The lowest BCUT2D eigenvalue weighted by Gasteiger charge is -2.29. The van der Waals surface area contributed by atoms with Crippen molar-refractivity contribution in [3.63, 3.8) is 0 Å². The summed E-state index contributed by atoms with van der Waals surface area (Å²) in [5.74, 6) is -2.61. The van der Waals surface area contributed by atoms with Crippen molar-refractivity contribution in [1.82, 2.24) is 10.2 Å². The first-order valence-corrected chi connectivity index (χ1v) is 12.2. The smallest absolute Gasteiger partial charge is 0.250 e. The Bertz CT molecular complexity index is 1340. The molecule has 0 saturated carbocycles. The number of carbonyl (C=O) groups excluding carboxylic acids is 4. The van der Waals surface area contributed by atoms with Gasteiger partial charge in [-0.1, -0.05) is 18.2 Å². The Kier molecular flexibility index (Phi) is 5.94. The standard InChI is InChI=1S/C27H30N4O6/c1-13-5-7-16-23(14(13)2)29-26(35)27(16)22-21(17(30-27)12-20(28)32)24(33)31(25(22)34)10-9-15-6-8-18(36-3)19(11-15)37-4/h5-8,11,17,21-22,30H,9-10,12H2,1-4H3,(H2,28,32)(H,29,35)/t17-,21+,22+,27+/m0/s1. The third-order valence-electron chi connectivity index (χ3n) is 8.01. The van der Waals surface area contributed by atoms with Crippen LogP contribution in [-0.4, -0.2) is 55.3 Å². The lowest BCUT2D eigenvalue weighted by atomic mass is 9.76. The summed E-state index contributed by atoms with van der Waals surface area (Å²) in [5, 5.41) is 6.16. The van der Waals surface area contributed by atoms with Gasteiger partial charge in [0.25, 0.3) is 0 Å². The van der Waals surface area contributed by atoms with Crippen molar-refractivity contribution in [3.05, 3.63) is 52.6 Å². The number of amides is 4. The maximum Gasteiger partial charge on any atom is 0.250 e. The second kappa shape index (κ2) is 8.88. The van der Waals surface area contributed by atoms with E-state index in [2.05, 4.69) is 10.6 Å². The summed E-state index contributed by atoms with van der Waals surface area (Å²) in [4.78, 5) is 54.2. The summed E-state index contributed by atoms with van der Waals surface area (Å²) in [7, 11) is 3.08. The van der Waals surface area contributed by atoms with Gasteiger partial charge in [0.2, 0.25) is 23.6 Å². The minimum atomic E-state index is -1.45. The maximum atomic E-state index is 13.9. The molecule has 2 aromatic carbocycles. The van der Waals surface area contributed by atoms with Crippen LogP contribution in [0.25, 0.3) is 0 Å². The number of ether oxygens (including phenoxy) is 2. The Morgan fingerprint density at radius 3 is 2.46 bits per heavy atom. The van der Waals surface area contributed by atoms with Gasteiger partial charge in [0.1, 0.15) is 5.54 Å². The van der Waals surface area contributed by atoms with Crippen molar-refractivity contribution in [2.24, 2.45) is 17.6 Å². The third kappa shape index (κ3) is 3.58. The van der Waals surface area contributed by atoms with Crippen LogP contribution in [0.15, 0.2) is 30.3 Å². The van der Waals surface area contributed by atoms with Gasteiger partial charge in [-0.15, -0.1) is 0 Å². The first-order chi connectivity index (χ1) is 17.6. The van der Waals surface area contributed by atoms with Gasteiger partial charge < -0.3 is 20.5 Å². The second-order valence-electron chi connectivity index (χ2n) is 9.88. The number of likely N-dealkylation sites (tertiary alicyclic amines) is 1. The number of benzene rings is 2. The van der Waals surface area contributed by atoms with Crippen molar-refractivity contribution in [2.75, 3.05) is 26.1 Å². The van der Waals surface area contributed by atoms with Crippen LogP contribution in [0.5, 0.6) is 11.5 Å². The van der Waals surface area contributed by atoms with Gasteiger partial charge >= 0.3 is 0 Å². The number of imide groups is 1. The van der Waals surface area contributed by atoms with E-state index in [-0.39, 0.29) is 13.0 Å². The van der Waals surface area contributed by atoms with E-state index >= 15 is 0 Å². The molecule has 194 valence electrons. The highest BCUT2D eigenvalue weighted by molar-refractivity contribution is 6.15. The number of fused-ring (bicyclic) bond motifs is 4. The quantitative estimate of drug-likeness (QED) is 0.479. The van der Waals surface area contributed by atoms with E-state index < -0.39 is 47.0 Å². The van der Waals surface area contributed by atoms with Crippen molar-refractivity contribution in [1.29, 1.82) is 0 Å². The predicted molar refractivity (Wildman–Crippen MR) is 134 cm³/mol. The van der Waals surface area contributed by atoms with Crippen molar-refractivity contribution in [3.8, 4) is 11.5 Å². The second-order valence-corrected chi connectivity index (χ2v) is 9.88. The van der Waals surface area contributed by atoms with Crippen LogP contribution >= 0.6 is 0 Å². The average Bonchev–Trinajstić information content (AvgIpc) is 3.44. The van der Waals surface area contributed by atoms with E-state index in [4.69, 9.17) is 15.2 Å². The number of anilines is 1. The first-order valence-electron chi connectivity index (χ1n) is 12.2. The Balaban J connectivity index is 1.51. The number of hydrogen-bond acceptors (Lipinski definition) is 7. The fourth-order valence-electron chi connectivity index (χ4n) is 6.07. The van der Waals surface area contributed by atoms with Crippen LogP contribution in [0.1, 0.15) is 28.7 Å². The number of hydrogen-bond donors (Lipinski definition) is 3. The van der Waals surface area contributed by atoms with Gasteiger partial charge in [-0.2, -0.15) is 0 Å². The lowest BCUT2D eigenvalue weighted by molar-refractivity contribution is -0.142. The summed E-state index contributed by atoms with van der Waals surface area (Å²) in [5.41, 5.74) is 8.04. The molecule has 4 atom stereocenters. The zero-order valence-corrected chi connectivity index (χ0v) is 21.2. The number of rotatable bonds is 7. The highest BCUT2D eigenvalue weighted by atomic mass is 16.5. The molecule has 10 nitrogen and oxygen atoms in total. The van der Waals surface area contributed by atoms with Gasteiger partial charge in [-0.05, 0) is 49.1 Å². The van der Waals surface area contributed by atoms with Gasteiger partial charge in [-0.3, -0.25) is 29.4 Å². The Hall–Kier alpha value is -3.92. The highest BCUT2D eigenvalue weighted by Gasteiger charge is 2.70. The van der Waals surface area contributed by atoms with E-state index in [1.54, 1.807) is 19.2 Å². The van der Waals surface area contributed by atoms with Gasteiger partial charge in [0, 0.05) is 30.3 Å². The molecule has 0 bridgehead atoms. The number of nitrogens with two attached hydrogens (primary N) is 1. The summed E-state index contributed by atoms with van der Waals surface area (Å²) < 4.78 is 10.6. The molecule has 2 saturated heterocycles. The van der Waals surface area contributed by atoms with Gasteiger partial charge in [0.15, 0.2) is 11.5 Å². The molecule has 3 heterocycles. The number of methoxy groups -OCH3 is 2. The third-order valence-corrected chi connectivity index (χ3v) is 8.01. The summed E-state index contributed by atoms with van der Waals surface area (Å²) in [6.45, 7) is 3.96. The monoisotopic (exact) mass is 506 g/mol. The topological polar surface area (TPSA) is 140 Å². The molecule has 3 aliphatic heterocycles. The van der Waals surface area contributed by atoms with Crippen LogP contribution in [-0.2, 0) is 31.1 Å². The minimum Gasteiger partial charge on any atom is -0.493 e. The number of nitrogens with zero attached hydrogens (tertiary/aromatic N) is 1. The fourth-order valence-corrected chi connectivity index (χ4v) is 6.07. The Labute approximate surface area is 214 Å². The largest absolute Gasteiger partial charge is 0.493 e. The van der Waals surface area contributed by atoms with E-state index in [9.17, 15) is 19.2 Å². The zero-order chi connectivity index (χ0) is 26.6. The lowest BCUT2D eigenvalue weighted by Crippen LogP contribution is -2.53. The van der Waals surface area contributed by atoms with E-state index in [0.717, 1.165) is 16.7 Å². The van der Waals surface area contributed by atoms with Crippen molar-refractivity contribution < 1.29 is 28.7 Å². The molecule has 2 fully saturated rings. The maximum absolute atomic E-state index is 13.9. The Morgan fingerprint density at radius 1 is 1.05 bits per heavy atom. The van der Waals surface area contributed by atoms with Gasteiger partial charge in [-0.25, -0.2) is 0 Å². The van der Waals surface area contributed by atoms with Crippen LogP contribution < -0.4 is 25.8 Å². The predicted octanol–water partition coefficient (Wildman–Crippen LogP) is 1.16. The molecule has 5 rings (SSSR count). The van der Waals surface area contributed by atoms with E-state index in [0.29, 0.717) is 29.2 Å². The minimum absolute atomic E-state index is 0.126. The summed E-state index contributed by atoms with van der Waals surface area (Å²) >= 11 is 0. The zero-order valence-electron chi connectivity index (χ0n) is 21.2. The molecule has 3 aliphatic rings. The van der Waals surface area contributed by atoms with Crippen LogP contribution in [0.2, 0.25) is 0 Å². The molecule has 1 spiro atoms. The van der Waals surface area contributed by atoms with E-state index in [1.165, 1.54) is 12.0 Å². The summed E-state index contributed by atoms with van der Waals surface area (Å²) in [6, 6.07) is 8.37. The van der Waals surface area contributed by atoms with Crippen LogP contribution in [0.4, 0.5) is 5.69 Å². The normalized spacial score (nSPS) is 25.9. The molecule has 0 aliphatic carbocycles. The summed E-state index contributed by atoms with van der Waals surface area (Å²) in [6.07, 6.45) is 0.220. The fraction of sp³-hybridized carbons (Fsp3) is 0.407. The number of primary amides is 1. The number of carbonyl (C=O) groups is 4. The number of nitrogens with one attached hydrogen (secondary N) is 2. The Morgan fingerprint density at radius 2 is 1.78 bits per heavy atom. The van der Waals surface area contributed by atoms with Crippen LogP contribution in [0, 0.1) is 25.7 Å². The average molecular weight is 507 g/mol. The first kappa shape index (κ1) is 24.8. The van der Waals surface area contributed by atoms with Crippen LogP contribution in [0.3, 0.4) is 0 Å². The molecule has 4 N–H and O–H groups in total. The number of aryl methyl sites for hydroxylation is 1.